The van der Waals surface area contributed by atoms with Crippen LogP contribution in [0.5, 0.6) is 0 Å². The van der Waals surface area contributed by atoms with Crippen molar-refractivity contribution in [1.29, 1.82) is 0 Å². The summed E-state index contributed by atoms with van der Waals surface area (Å²) in [5.74, 6) is -0.0823. The SMILES string of the molecule is Cc1ccc(/C=N\NC(=O)Nc2nncn2C(=O)N/N=C\c2ccc(C)cc2)cc1. The van der Waals surface area contributed by atoms with Crippen molar-refractivity contribution in [2.45, 2.75) is 13.8 Å². The molecule has 0 fully saturated rings. The third kappa shape index (κ3) is 5.83. The first kappa shape index (κ1) is 20.4. The summed E-state index contributed by atoms with van der Waals surface area (Å²) in [5, 5.41) is 17.5. The normalized spacial score (nSPS) is 11.0. The third-order valence-corrected chi connectivity index (χ3v) is 3.90. The number of hydrogen-bond acceptors (Lipinski definition) is 6. The minimum atomic E-state index is -0.677. The molecule has 10 heteroatoms. The molecular weight excluding hydrogens is 384 g/mol. The van der Waals surface area contributed by atoms with Gasteiger partial charge in [-0.3, -0.25) is 5.32 Å². The molecule has 0 aliphatic heterocycles. The Labute approximate surface area is 172 Å². The molecule has 0 spiro atoms. The summed E-state index contributed by atoms with van der Waals surface area (Å²) in [6.45, 7) is 3.96. The van der Waals surface area contributed by atoms with Gasteiger partial charge in [-0.1, -0.05) is 59.7 Å². The average Bonchev–Trinajstić information content (AvgIpc) is 3.19. The van der Waals surface area contributed by atoms with Gasteiger partial charge in [-0.05, 0) is 25.0 Å². The van der Waals surface area contributed by atoms with Gasteiger partial charge < -0.3 is 0 Å². The maximum atomic E-state index is 12.2. The number of carbonyl (C=O) groups is 2. The summed E-state index contributed by atoms with van der Waals surface area (Å²) >= 11 is 0. The monoisotopic (exact) mass is 404 g/mol. The maximum Gasteiger partial charge on any atom is 0.350 e. The molecule has 0 aliphatic rings. The Morgan fingerprint density at radius 1 is 0.867 bits per heavy atom. The molecule has 10 nitrogen and oxygen atoms in total. The van der Waals surface area contributed by atoms with Gasteiger partial charge in [-0.2, -0.15) is 10.2 Å². The number of aromatic nitrogens is 3. The van der Waals surface area contributed by atoms with Crippen molar-refractivity contribution >= 4 is 30.4 Å². The van der Waals surface area contributed by atoms with Gasteiger partial charge in [-0.25, -0.2) is 25.0 Å². The van der Waals surface area contributed by atoms with E-state index < -0.39 is 12.1 Å². The average molecular weight is 404 g/mol. The first-order valence-corrected chi connectivity index (χ1v) is 8.98. The fourth-order valence-electron chi connectivity index (χ4n) is 2.28. The van der Waals surface area contributed by atoms with E-state index in [0.717, 1.165) is 33.1 Å². The Balaban J connectivity index is 1.53. The Kier molecular flexibility index (Phi) is 6.62. The fourth-order valence-corrected chi connectivity index (χ4v) is 2.28. The first-order valence-electron chi connectivity index (χ1n) is 8.98. The number of hydrogen-bond donors (Lipinski definition) is 3. The minimum absolute atomic E-state index is 0.0823. The fraction of sp³-hybridized carbons (Fsp3) is 0.100. The Morgan fingerprint density at radius 3 is 1.97 bits per heavy atom. The van der Waals surface area contributed by atoms with Crippen molar-refractivity contribution in [1.82, 2.24) is 25.6 Å². The number of amides is 3. The number of urea groups is 1. The summed E-state index contributed by atoms with van der Waals surface area (Å²) in [7, 11) is 0. The number of nitrogens with zero attached hydrogens (tertiary/aromatic N) is 5. The van der Waals surface area contributed by atoms with Crippen LogP contribution in [-0.2, 0) is 0 Å². The molecule has 30 heavy (non-hydrogen) atoms. The van der Waals surface area contributed by atoms with Crippen LogP contribution in [0.4, 0.5) is 15.5 Å². The Bertz CT molecular complexity index is 1070. The molecule has 0 saturated carbocycles. The van der Waals surface area contributed by atoms with E-state index >= 15 is 0 Å². The zero-order valence-electron chi connectivity index (χ0n) is 16.4. The van der Waals surface area contributed by atoms with Crippen molar-refractivity contribution in [2.24, 2.45) is 10.2 Å². The van der Waals surface area contributed by atoms with Gasteiger partial charge >= 0.3 is 12.1 Å². The molecule has 0 aliphatic carbocycles. The molecule has 0 radical (unpaired) electrons. The van der Waals surface area contributed by atoms with E-state index in [1.807, 2.05) is 62.4 Å². The van der Waals surface area contributed by atoms with Gasteiger partial charge in [0, 0.05) is 0 Å². The zero-order chi connectivity index (χ0) is 21.3. The summed E-state index contributed by atoms with van der Waals surface area (Å²) in [4.78, 5) is 24.2. The van der Waals surface area contributed by atoms with Gasteiger partial charge in [0.25, 0.3) is 0 Å². The van der Waals surface area contributed by atoms with Gasteiger partial charge in [0.15, 0.2) is 0 Å². The molecule has 0 atom stereocenters. The quantitative estimate of drug-likeness (QED) is 0.446. The van der Waals surface area contributed by atoms with Crippen molar-refractivity contribution in [3.8, 4) is 0 Å². The van der Waals surface area contributed by atoms with Gasteiger partial charge in [0.1, 0.15) is 6.33 Å². The van der Waals surface area contributed by atoms with Crippen LogP contribution in [0.15, 0.2) is 65.1 Å². The van der Waals surface area contributed by atoms with Crippen molar-refractivity contribution in [3.63, 3.8) is 0 Å². The largest absolute Gasteiger partial charge is 0.350 e. The lowest BCUT2D eigenvalue weighted by molar-refractivity contribution is 0.243. The molecule has 1 heterocycles. The summed E-state index contributed by atoms with van der Waals surface area (Å²) in [6, 6.07) is 13.9. The van der Waals surface area contributed by atoms with Crippen molar-refractivity contribution in [2.75, 3.05) is 5.32 Å². The predicted octanol–water partition coefficient (Wildman–Crippen LogP) is 2.64. The third-order valence-electron chi connectivity index (χ3n) is 3.90. The topological polar surface area (TPSA) is 126 Å². The maximum absolute atomic E-state index is 12.2. The second-order valence-electron chi connectivity index (χ2n) is 6.35. The van der Waals surface area contributed by atoms with Crippen LogP contribution in [0.2, 0.25) is 0 Å². The molecule has 2 aromatic carbocycles. The number of anilines is 1. The molecule has 3 N–H and O–H groups in total. The first-order chi connectivity index (χ1) is 14.5. The molecule has 152 valence electrons. The van der Waals surface area contributed by atoms with Crippen LogP contribution >= 0.6 is 0 Å². The summed E-state index contributed by atoms with van der Waals surface area (Å²) < 4.78 is 1.01. The van der Waals surface area contributed by atoms with Crippen molar-refractivity contribution < 1.29 is 9.59 Å². The van der Waals surface area contributed by atoms with E-state index in [9.17, 15) is 9.59 Å². The minimum Gasteiger partial charge on any atom is -0.274 e. The smallest absolute Gasteiger partial charge is 0.274 e. The van der Waals surface area contributed by atoms with Gasteiger partial charge in [0.05, 0.1) is 12.4 Å². The number of carbonyl (C=O) groups excluding carboxylic acids is 2. The van der Waals surface area contributed by atoms with Crippen LogP contribution in [0, 0.1) is 13.8 Å². The van der Waals surface area contributed by atoms with Crippen LogP contribution in [0.25, 0.3) is 0 Å². The van der Waals surface area contributed by atoms with Crippen LogP contribution in [0.3, 0.4) is 0 Å². The van der Waals surface area contributed by atoms with Crippen LogP contribution in [0.1, 0.15) is 22.3 Å². The lowest BCUT2D eigenvalue weighted by Gasteiger charge is -2.05. The highest BCUT2D eigenvalue weighted by molar-refractivity contribution is 5.91. The molecular formula is C20H20N8O2. The van der Waals surface area contributed by atoms with Gasteiger partial charge in [-0.15, -0.1) is 10.2 Å². The van der Waals surface area contributed by atoms with E-state index in [1.165, 1.54) is 12.4 Å². The lowest BCUT2D eigenvalue weighted by atomic mass is 10.2. The highest BCUT2D eigenvalue weighted by atomic mass is 16.2. The highest BCUT2D eigenvalue weighted by Gasteiger charge is 2.13. The van der Waals surface area contributed by atoms with E-state index in [0.29, 0.717) is 0 Å². The molecule has 1 aromatic heterocycles. The lowest BCUT2D eigenvalue weighted by Crippen LogP contribution is -2.30. The van der Waals surface area contributed by atoms with E-state index in [2.05, 4.69) is 36.6 Å². The van der Waals surface area contributed by atoms with Crippen molar-refractivity contribution in [3.05, 3.63) is 77.1 Å². The Morgan fingerprint density at radius 2 is 1.40 bits per heavy atom. The highest BCUT2D eigenvalue weighted by Crippen LogP contribution is 2.03. The van der Waals surface area contributed by atoms with Gasteiger partial charge in [0.2, 0.25) is 5.95 Å². The zero-order valence-corrected chi connectivity index (χ0v) is 16.4. The second kappa shape index (κ2) is 9.73. The molecule has 3 amide bonds. The standard InChI is InChI=1S/C20H20N8O2/c1-14-3-7-16(8-4-14)11-21-26-19(29)24-18-25-23-13-28(18)20(30)27-22-12-17-9-5-15(2)6-10-17/h3-13H,1-2H3,(H,27,30)(H2,24,25,26,29)/b21-11-,22-12-. The van der Waals surface area contributed by atoms with Crippen LogP contribution < -0.4 is 16.2 Å². The van der Waals surface area contributed by atoms with E-state index in [4.69, 9.17) is 0 Å². The summed E-state index contributed by atoms with van der Waals surface area (Å²) in [6.07, 6.45) is 4.15. The number of rotatable bonds is 5. The van der Waals surface area contributed by atoms with Crippen LogP contribution in [-0.4, -0.2) is 39.3 Å². The molecule has 0 unspecified atom stereocenters. The number of aryl methyl sites for hydroxylation is 2. The number of benzene rings is 2. The molecule has 3 rings (SSSR count). The second-order valence-corrected chi connectivity index (χ2v) is 6.35. The molecule has 0 saturated heterocycles. The number of hydrazone groups is 2. The van der Waals surface area contributed by atoms with E-state index in [1.54, 1.807) is 0 Å². The molecule has 0 bridgehead atoms. The number of nitrogens with one attached hydrogen (secondary N) is 3. The van der Waals surface area contributed by atoms with E-state index in [-0.39, 0.29) is 5.95 Å². The Hall–Kier alpha value is -4.34. The summed E-state index contributed by atoms with van der Waals surface area (Å²) in [5.41, 5.74) is 8.54. The predicted molar refractivity (Wildman–Crippen MR) is 114 cm³/mol. The molecule has 3 aromatic rings.